The molecule has 10 nitrogen and oxygen atoms in total. The van der Waals surface area contributed by atoms with Crippen LogP contribution in [0.3, 0.4) is 0 Å². The van der Waals surface area contributed by atoms with Crippen molar-refractivity contribution in [3.63, 3.8) is 0 Å². The third-order valence-corrected chi connectivity index (χ3v) is 8.28. The van der Waals surface area contributed by atoms with E-state index in [0.29, 0.717) is 22.5 Å². The van der Waals surface area contributed by atoms with Crippen molar-refractivity contribution < 1.29 is 42.9 Å². The van der Waals surface area contributed by atoms with Gasteiger partial charge in [-0.15, -0.1) is 0 Å². The normalized spacial score (nSPS) is 23.0. The number of ketones is 2. The van der Waals surface area contributed by atoms with Gasteiger partial charge in [0.1, 0.15) is 22.1 Å². The van der Waals surface area contributed by atoms with Crippen molar-refractivity contribution in [3.8, 4) is 17.2 Å². The van der Waals surface area contributed by atoms with Crippen LogP contribution in [-0.4, -0.2) is 57.5 Å². The lowest BCUT2D eigenvalue weighted by molar-refractivity contribution is -0.136. The number of hydrogen-bond acceptors (Lipinski definition) is 10. The first-order valence-corrected chi connectivity index (χ1v) is 13.1. The van der Waals surface area contributed by atoms with Gasteiger partial charge in [-0.25, -0.2) is 9.59 Å². The Morgan fingerprint density at radius 2 is 1.61 bits per heavy atom. The summed E-state index contributed by atoms with van der Waals surface area (Å²) >= 11 is 6.56. The predicted octanol–water partition coefficient (Wildman–Crippen LogP) is 4.15. The molecule has 11 heteroatoms. The van der Waals surface area contributed by atoms with Crippen LogP contribution in [0.2, 0.25) is 5.02 Å². The van der Waals surface area contributed by atoms with E-state index in [1.54, 1.807) is 38.1 Å². The number of carbonyl (C=O) groups is 4. The van der Waals surface area contributed by atoms with Crippen LogP contribution in [0.5, 0.6) is 17.2 Å². The Morgan fingerprint density at radius 3 is 2.20 bits per heavy atom. The molecule has 3 atom stereocenters. The number of carbonyl (C=O) groups excluding carboxylic acids is 4. The van der Waals surface area contributed by atoms with E-state index < -0.39 is 40.9 Å². The number of benzene rings is 2. The number of hydrogen-bond donors (Lipinski definition) is 1. The first kappa shape index (κ1) is 28.2. The smallest absolute Gasteiger partial charge is 0.337 e. The van der Waals surface area contributed by atoms with Crippen LogP contribution in [0.1, 0.15) is 52.5 Å². The number of rotatable bonds is 5. The van der Waals surface area contributed by atoms with E-state index in [1.807, 2.05) is 0 Å². The number of fused-ring (bicyclic) bond motifs is 1. The maximum absolute atomic E-state index is 14.7. The number of methoxy groups -OCH3 is 4. The van der Waals surface area contributed by atoms with Crippen LogP contribution in [0.15, 0.2) is 52.9 Å². The van der Waals surface area contributed by atoms with E-state index in [4.69, 9.17) is 35.3 Å². The summed E-state index contributed by atoms with van der Waals surface area (Å²) in [5.41, 5.74) is 0.338. The highest BCUT2D eigenvalue weighted by Gasteiger charge is 2.63. The SMILES string of the molecule is COC(=O)C1=C(C)NC2=C(C(=O)[C@@]3(Oc4c(Cl)c(OC)cc(OC)c4C3=O)[C@H](C)C2)[C@H]1c1ccc(C(=O)OC)cc1. The molecule has 2 aromatic rings. The summed E-state index contributed by atoms with van der Waals surface area (Å²) in [6, 6.07) is 7.84. The molecule has 1 spiro atoms. The van der Waals surface area contributed by atoms with Gasteiger partial charge in [0.2, 0.25) is 17.2 Å². The van der Waals surface area contributed by atoms with Crippen LogP contribution in [0, 0.1) is 5.92 Å². The van der Waals surface area contributed by atoms with Crippen molar-refractivity contribution in [1.82, 2.24) is 5.32 Å². The second kappa shape index (κ2) is 10.3. The van der Waals surface area contributed by atoms with E-state index in [9.17, 15) is 19.2 Å². The molecular formula is C30H28ClNO9. The van der Waals surface area contributed by atoms with Crippen LogP contribution < -0.4 is 19.5 Å². The zero-order valence-electron chi connectivity index (χ0n) is 23.3. The molecule has 0 saturated carbocycles. The van der Waals surface area contributed by atoms with Gasteiger partial charge in [-0.2, -0.15) is 0 Å². The third kappa shape index (κ3) is 4.00. The molecule has 0 saturated heterocycles. The Balaban J connectivity index is 1.69. The van der Waals surface area contributed by atoms with Gasteiger partial charge in [-0.1, -0.05) is 30.7 Å². The van der Waals surface area contributed by atoms with E-state index in [-0.39, 0.29) is 45.4 Å². The summed E-state index contributed by atoms with van der Waals surface area (Å²) in [4.78, 5) is 54.1. The summed E-state index contributed by atoms with van der Waals surface area (Å²) in [5, 5.41) is 3.24. The minimum atomic E-state index is -1.97. The van der Waals surface area contributed by atoms with E-state index in [0.717, 1.165) is 0 Å². The molecule has 0 aromatic heterocycles. The molecule has 2 aliphatic heterocycles. The minimum absolute atomic E-state index is 0.000203. The van der Waals surface area contributed by atoms with Crippen molar-refractivity contribution in [2.24, 2.45) is 5.92 Å². The largest absolute Gasteiger partial charge is 0.496 e. The van der Waals surface area contributed by atoms with Crippen LogP contribution >= 0.6 is 11.6 Å². The molecule has 41 heavy (non-hydrogen) atoms. The molecule has 5 rings (SSSR count). The van der Waals surface area contributed by atoms with Crippen LogP contribution in [0.4, 0.5) is 0 Å². The Bertz CT molecular complexity index is 1570. The Kier molecular flexibility index (Phi) is 7.07. The first-order valence-electron chi connectivity index (χ1n) is 12.8. The highest BCUT2D eigenvalue weighted by atomic mass is 35.5. The first-order chi connectivity index (χ1) is 19.5. The molecule has 0 unspecified atom stereocenters. The fourth-order valence-corrected chi connectivity index (χ4v) is 6.18. The maximum Gasteiger partial charge on any atom is 0.337 e. The molecule has 2 aromatic carbocycles. The number of dihydropyridines is 1. The molecule has 1 aliphatic carbocycles. The number of Topliss-reactive ketones (excluding diaryl/α,β-unsaturated/α-hetero) is 2. The maximum atomic E-state index is 14.7. The average Bonchev–Trinajstić information content (AvgIpc) is 3.29. The topological polar surface area (TPSA) is 126 Å². The molecule has 0 bridgehead atoms. The van der Waals surface area contributed by atoms with Crippen molar-refractivity contribution in [1.29, 1.82) is 0 Å². The molecule has 214 valence electrons. The lowest BCUT2D eigenvalue weighted by Crippen LogP contribution is -2.58. The number of esters is 2. The number of halogens is 1. The van der Waals surface area contributed by atoms with E-state index in [1.165, 1.54) is 34.5 Å². The molecule has 0 amide bonds. The van der Waals surface area contributed by atoms with Crippen molar-refractivity contribution in [3.05, 3.63) is 74.6 Å². The van der Waals surface area contributed by atoms with Crippen molar-refractivity contribution in [2.45, 2.75) is 31.8 Å². The molecule has 0 radical (unpaired) electrons. The van der Waals surface area contributed by atoms with E-state index in [2.05, 4.69) is 5.32 Å². The Labute approximate surface area is 241 Å². The molecular weight excluding hydrogens is 554 g/mol. The van der Waals surface area contributed by atoms with Gasteiger partial charge in [0.25, 0.3) is 0 Å². The highest BCUT2D eigenvalue weighted by molar-refractivity contribution is 6.36. The zero-order chi connectivity index (χ0) is 29.8. The van der Waals surface area contributed by atoms with Gasteiger partial charge >= 0.3 is 11.9 Å². The molecule has 1 N–H and O–H groups in total. The van der Waals surface area contributed by atoms with Crippen molar-refractivity contribution >= 4 is 35.1 Å². The number of nitrogens with one attached hydrogen (secondary N) is 1. The quantitative estimate of drug-likeness (QED) is 0.406. The standard InChI is InChI=1S/C30H28ClNO9/c1-13-11-17-22(26(33)30(13)27(34)23-18(37-3)12-19(38-4)24(31)25(23)41-30)21(20(14(2)32-17)29(36)40-6)15-7-9-16(10-8-15)28(35)39-5/h7-10,12-13,21,32H,11H2,1-6H3/t13-,21+,30+/m1/s1. The fraction of sp³-hybridized carbons (Fsp3) is 0.333. The van der Waals surface area contributed by atoms with Gasteiger partial charge in [0, 0.05) is 34.9 Å². The fourth-order valence-electron chi connectivity index (χ4n) is 5.92. The number of ether oxygens (including phenoxy) is 5. The van der Waals surface area contributed by atoms with Gasteiger partial charge < -0.3 is 29.0 Å². The van der Waals surface area contributed by atoms with Crippen LogP contribution in [0.25, 0.3) is 0 Å². The highest BCUT2D eigenvalue weighted by Crippen LogP contribution is 2.56. The molecule has 2 heterocycles. The third-order valence-electron chi connectivity index (χ3n) is 7.92. The summed E-state index contributed by atoms with van der Waals surface area (Å²) in [6.07, 6.45) is 0.250. The molecule has 0 fully saturated rings. The lowest BCUT2D eigenvalue weighted by atomic mass is 9.65. The monoisotopic (exact) mass is 581 g/mol. The van der Waals surface area contributed by atoms with Gasteiger partial charge in [-0.05, 0) is 31.0 Å². The Morgan fingerprint density at radius 1 is 0.976 bits per heavy atom. The molecule has 3 aliphatic rings. The van der Waals surface area contributed by atoms with Gasteiger partial charge in [-0.3, -0.25) is 9.59 Å². The van der Waals surface area contributed by atoms with Crippen molar-refractivity contribution in [2.75, 3.05) is 28.4 Å². The minimum Gasteiger partial charge on any atom is -0.496 e. The second-order valence-electron chi connectivity index (χ2n) is 9.99. The summed E-state index contributed by atoms with van der Waals surface area (Å²) < 4.78 is 27.0. The Hall–Kier alpha value is -4.31. The predicted molar refractivity (Wildman–Crippen MR) is 146 cm³/mol. The zero-order valence-corrected chi connectivity index (χ0v) is 24.1. The second-order valence-corrected chi connectivity index (χ2v) is 10.4. The number of allylic oxidation sites excluding steroid dienone is 2. The van der Waals surface area contributed by atoms with Gasteiger partial charge in [0.05, 0.1) is 39.6 Å². The summed E-state index contributed by atoms with van der Waals surface area (Å²) in [6.45, 7) is 3.47. The van der Waals surface area contributed by atoms with Crippen LogP contribution in [-0.2, 0) is 19.1 Å². The lowest BCUT2D eigenvalue weighted by Gasteiger charge is -2.42. The van der Waals surface area contributed by atoms with Gasteiger partial charge in [0.15, 0.2) is 5.75 Å². The summed E-state index contributed by atoms with van der Waals surface area (Å²) in [5.74, 6) is -3.57. The average molecular weight is 582 g/mol. The summed E-state index contributed by atoms with van der Waals surface area (Å²) in [7, 11) is 5.33. The van der Waals surface area contributed by atoms with E-state index >= 15 is 0 Å².